The van der Waals surface area contributed by atoms with Gasteiger partial charge in [0.05, 0.1) is 0 Å². The SMILES string of the molecule is CCC1(C)CNC(C2CC2)CN1Cc1ccccc1. The van der Waals surface area contributed by atoms with E-state index < -0.39 is 0 Å². The van der Waals surface area contributed by atoms with Crippen LogP contribution in [0.2, 0.25) is 0 Å². The summed E-state index contributed by atoms with van der Waals surface area (Å²) in [5, 5.41) is 3.80. The summed E-state index contributed by atoms with van der Waals surface area (Å²) < 4.78 is 0. The first-order chi connectivity index (χ1) is 9.21. The molecular weight excluding hydrogens is 232 g/mol. The maximum Gasteiger partial charge on any atom is 0.0307 e. The summed E-state index contributed by atoms with van der Waals surface area (Å²) in [5.74, 6) is 0.944. The summed E-state index contributed by atoms with van der Waals surface area (Å²) >= 11 is 0. The van der Waals surface area contributed by atoms with Crippen molar-refractivity contribution in [3.8, 4) is 0 Å². The zero-order chi connectivity index (χ0) is 13.3. The van der Waals surface area contributed by atoms with Crippen LogP contribution in [0, 0.1) is 5.92 Å². The molecule has 1 aliphatic carbocycles. The van der Waals surface area contributed by atoms with Gasteiger partial charge < -0.3 is 5.32 Å². The van der Waals surface area contributed by atoms with Crippen molar-refractivity contribution < 1.29 is 0 Å². The first-order valence-electron chi connectivity index (χ1n) is 7.73. The Balaban J connectivity index is 1.73. The van der Waals surface area contributed by atoms with Crippen molar-refractivity contribution in [2.75, 3.05) is 13.1 Å². The smallest absolute Gasteiger partial charge is 0.0307 e. The van der Waals surface area contributed by atoms with Crippen LogP contribution in [-0.2, 0) is 6.54 Å². The number of hydrogen-bond donors (Lipinski definition) is 1. The highest BCUT2D eigenvalue weighted by molar-refractivity contribution is 5.15. The van der Waals surface area contributed by atoms with Gasteiger partial charge in [0, 0.05) is 31.2 Å². The summed E-state index contributed by atoms with van der Waals surface area (Å²) in [4.78, 5) is 2.71. The van der Waals surface area contributed by atoms with Crippen LogP contribution in [0.15, 0.2) is 30.3 Å². The lowest BCUT2D eigenvalue weighted by molar-refractivity contribution is 0.0369. The van der Waals surface area contributed by atoms with Gasteiger partial charge in [-0.25, -0.2) is 0 Å². The molecule has 1 saturated heterocycles. The number of piperazine rings is 1. The predicted molar refractivity (Wildman–Crippen MR) is 80.1 cm³/mol. The predicted octanol–water partition coefficient (Wildman–Crippen LogP) is 3.04. The second-order valence-corrected chi connectivity index (χ2v) is 6.54. The van der Waals surface area contributed by atoms with E-state index in [1.165, 1.54) is 31.4 Å². The van der Waals surface area contributed by atoms with Gasteiger partial charge in [0.1, 0.15) is 0 Å². The average Bonchev–Trinajstić information content (AvgIpc) is 3.27. The second-order valence-electron chi connectivity index (χ2n) is 6.54. The molecule has 2 aliphatic rings. The fraction of sp³-hybridized carbons (Fsp3) is 0.647. The molecule has 19 heavy (non-hydrogen) atoms. The molecule has 0 bridgehead atoms. The van der Waals surface area contributed by atoms with Gasteiger partial charge in [-0.05, 0) is 37.7 Å². The van der Waals surface area contributed by atoms with Crippen LogP contribution in [0.25, 0.3) is 0 Å². The molecule has 2 unspecified atom stereocenters. The van der Waals surface area contributed by atoms with Gasteiger partial charge in [0.25, 0.3) is 0 Å². The van der Waals surface area contributed by atoms with Crippen LogP contribution in [0.5, 0.6) is 0 Å². The highest BCUT2D eigenvalue weighted by Gasteiger charge is 2.41. The van der Waals surface area contributed by atoms with E-state index in [2.05, 4.69) is 54.4 Å². The van der Waals surface area contributed by atoms with Crippen molar-refractivity contribution in [1.29, 1.82) is 0 Å². The third-order valence-corrected chi connectivity index (χ3v) is 5.09. The minimum Gasteiger partial charge on any atom is -0.311 e. The molecule has 2 atom stereocenters. The maximum atomic E-state index is 3.80. The zero-order valence-corrected chi connectivity index (χ0v) is 12.2. The van der Waals surface area contributed by atoms with E-state index in [0.717, 1.165) is 25.0 Å². The number of hydrogen-bond acceptors (Lipinski definition) is 2. The van der Waals surface area contributed by atoms with Gasteiger partial charge in [-0.3, -0.25) is 4.90 Å². The van der Waals surface area contributed by atoms with E-state index in [4.69, 9.17) is 0 Å². The Morgan fingerprint density at radius 1 is 1.26 bits per heavy atom. The minimum atomic E-state index is 0.307. The Morgan fingerprint density at radius 3 is 2.63 bits per heavy atom. The van der Waals surface area contributed by atoms with Gasteiger partial charge in [-0.2, -0.15) is 0 Å². The summed E-state index contributed by atoms with van der Waals surface area (Å²) in [7, 11) is 0. The molecule has 1 aliphatic heterocycles. The Hall–Kier alpha value is -0.860. The molecule has 1 saturated carbocycles. The van der Waals surface area contributed by atoms with Crippen LogP contribution in [0.4, 0.5) is 0 Å². The summed E-state index contributed by atoms with van der Waals surface area (Å²) in [6.07, 6.45) is 4.07. The van der Waals surface area contributed by atoms with Crippen LogP contribution in [-0.4, -0.2) is 29.6 Å². The Labute approximate surface area is 117 Å². The molecule has 3 rings (SSSR count). The molecular formula is C17H26N2. The molecule has 2 fully saturated rings. The van der Waals surface area contributed by atoms with E-state index >= 15 is 0 Å². The minimum absolute atomic E-state index is 0.307. The molecule has 1 N–H and O–H groups in total. The van der Waals surface area contributed by atoms with Crippen molar-refractivity contribution in [2.45, 2.75) is 51.2 Å². The second kappa shape index (κ2) is 5.26. The van der Waals surface area contributed by atoms with Gasteiger partial charge in [-0.1, -0.05) is 37.3 Å². The number of nitrogens with one attached hydrogen (secondary N) is 1. The molecule has 1 aromatic carbocycles. The Kier molecular flexibility index (Phi) is 3.64. The lowest BCUT2D eigenvalue weighted by Crippen LogP contribution is -2.63. The van der Waals surface area contributed by atoms with Crippen LogP contribution >= 0.6 is 0 Å². The standard InChI is InChI=1S/C17H26N2/c1-3-17(2)13-18-16(15-9-10-15)12-19(17)11-14-7-5-4-6-8-14/h4-8,15-16,18H,3,9-13H2,1-2H3. The normalized spacial score (nSPS) is 32.4. The monoisotopic (exact) mass is 258 g/mol. The Morgan fingerprint density at radius 2 is 2.00 bits per heavy atom. The molecule has 104 valence electrons. The molecule has 2 heteroatoms. The molecule has 0 spiro atoms. The van der Waals surface area contributed by atoms with E-state index in [1.54, 1.807) is 0 Å². The third-order valence-electron chi connectivity index (χ3n) is 5.09. The number of nitrogens with zero attached hydrogens (tertiary/aromatic N) is 1. The Bertz CT molecular complexity index is 413. The van der Waals surface area contributed by atoms with Gasteiger partial charge >= 0.3 is 0 Å². The topological polar surface area (TPSA) is 15.3 Å². The lowest BCUT2D eigenvalue weighted by atomic mass is 9.90. The lowest BCUT2D eigenvalue weighted by Gasteiger charge is -2.48. The van der Waals surface area contributed by atoms with Crippen molar-refractivity contribution in [2.24, 2.45) is 5.92 Å². The van der Waals surface area contributed by atoms with Gasteiger partial charge in [-0.15, -0.1) is 0 Å². The fourth-order valence-corrected chi connectivity index (χ4v) is 3.21. The molecule has 0 amide bonds. The largest absolute Gasteiger partial charge is 0.311 e. The number of rotatable bonds is 4. The first-order valence-corrected chi connectivity index (χ1v) is 7.73. The van der Waals surface area contributed by atoms with Crippen molar-refractivity contribution in [3.05, 3.63) is 35.9 Å². The third kappa shape index (κ3) is 2.85. The summed E-state index contributed by atoms with van der Waals surface area (Å²) in [6.45, 7) is 8.17. The summed E-state index contributed by atoms with van der Waals surface area (Å²) in [5.41, 5.74) is 1.75. The molecule has 0 radical (unpaired) electrons. The summed E-state index contributed by atoms with van der Waals surface area (Å²) in [6, 6.07) is 11.6. The van der Waals surface area contributed by atoms with E-state index in [-0.39, 0.29) is 0 Å². The van der Waals surface area contributed by atoms with Crippen LogP contribution in [0.1, 0.15) is 38.7 Å². The van der Waals surface area contributed by atoms with Crippen molar-refractivity contribution in [3.63, 3.8) is 0 Å². The molecule has 2 nitrogen and oxygen atoms in total. The first kappa shape index (κ1) is 13.1. The molecule has 1 heterocycles. The quantitative estimate of drug-likeness (QED) is 0.893. The van der Waals surface area contributed by atoms with Crippen LogP contribution < -0.4 is 5.32 Å². The van der Waals surface area contributed by atoms with Gasteiger partial charge in [0.2, 0.25) is 0 Å². The maximum absolute atomic E-state index is 3.80. The highest BCUT2D eigenvalue weighted by Crippen LogP contribution is 2.36. The number of benzene rings is 1. The average molecular weight is 258 g/mol. The molecule has 1 aromatic rings. The zero-order valence-electron chi connectivity index (χ0n) is 12.2. The fourth-order valence-electron chi connectivity index (χ4n) is 3.21. The van der Waals surface area contributed by atoms with Gasteiger partial charge in [0.15, 0.2) is 0 Å². The molecule has 0 aromatic heterocycles. The van der Waals surface area contributed by atoms with Crippen molar-refractivity contribution in [1.82, 2.24) is 10.2 Å². The van der Waals surface area contributed by atoms with E-state index in [0.29, 0.717) is 5.54 Å². The van der Waals surface area contributed by atoms with Crippen LogP contribution in [0.3, 0.4) is 0 Å². The highest BCUT2D eigenvalue weighted by atomic mass is 15.3. The van der Waals surface area contributed by atoms with Crippen molar-refractivity contribution >= 4 is 0 Å². The van der Waals surface area contributed by atoms with E-state index in [9.17, 15) is 0 Å². The van der Waals surface area contributed by atoms with E-state index in [1.807, 2.05) is 0 Å².